The number of pyridine rings is 1. The van der Waals surface area contributed by atoms with Crippen molar-refractivity contribution in [3.05, 3.63) is 45.1 Å². The Morgan fingerprint density at radius 2 is 1.91 bits per heavy atom. The molecule has 1 aliphatic rings. The maximum atomic E-state index is 9.54. The molecule has 0 atom stereocenters. The number of aromatic nitrogens is 1. The highest BCUT2D eigenvalue weighted by atomic mass is 35.5. The third kappa shape index (κ3) is 2.65. The summed E-state index contributed by atoms with van der Waals surface area (Å²) in [6.07, 6.45) is 5.13. The van der Waals surface area contributed by atoms with E-state index in [0.717, 1.165) is 54.5 Å². The lowest BCUT2D eigenvalue weighted by Crippen LogP contribution is -2.07. The summed E-state index contributed by atoms with van der Waals surface area (Å²) in [5, 5.41) is 10.6. The van der Waals surface area contributed by atoms with Crippen molar-refractivity contribution in [2.45, 2.75) is 32.1 Å². The molecular formula is C17H15Cl2N3. The highest BCUT2D eigenvalue weighted by Gasteiger charge is 2.22. The molecule has 0 amide bonds. The third-order valence-electron chi connectivity index (χ3n) is 4.06. The summed E-state index contributed by atoms with van der Waals surface area (Å²) in [6, 6.07) is 7.52. The maximum absolute atomic E-state index is 9.54. The number of hydrogen-bond donors (Lipinski definition) is 1. The van der Waals surface area contributed by atoms with Crippen LogP contribution in [0.3, 0.4) is 0 Å². The van der Waals surface area contributed by atoms with Gasteiger partial charge in [-0.2, -0.15) is 5.26 Å². The number of nitriles is 1. The first-order valence-corrected chi connectivity index (χ1v) is 8.04. The molecule has 0 saturated heterocycles. The van der Waals surface area contributed by atoms with E-state index in [-0.39, 0.29) is 5.82 Å². The molecule has 0 spiro atoms. The van der Waals surface area contributed by atoms with Crippen LogP contribution in [-0.4, -0.2) is 4.98 Å². The Bertz CT molecular complexity index is 778. The van der Waals surface area contributed by atoms with Crippen LogP contribution in [-0.2, 0) is 12.8 Å². The van der Waals surface area contributed by atoms with Crippen LogP contribution in [0.2, 0.25) is 10.0 Å². The number of aryl methyl sites for hydroxylation is 1. The van der Waals surface area contributed by atoms with E-state index in [1.165, 1.54) is 0 Å². The van der Waals surface area contributed by atoms with Gasteiger partial charge in [0.2, 0.25) is 0 Å². The minimum Gasteiger partial charge on any atom is -0.383 e. The van der Waals surface area contributed by atoms with Crippen LogP contribution in [0, 0.1) is 11.3 Å². The topological polar surface area (TPSA) is 62.7 Å². The van der Waals surface area contributed by atoms with Crippen LogP contribution in [0.1, 0.15) is 36.1 Å². The summed E-state index contributed by atoms with van der Waals surface area (Å²) in [5.41, 5.74) is 10.2. The van der Waals surface area contributed by atoms with Crippen LogP contribution in [0.4, 0.5) is 5.82 Å². The molecule has 0 unspecified atom stereocenters. The van der Waals surface area contributed by atoms with E-state index in [1.54, 1.807) is 12.1 Å². The van der Waals surface area contributed by atoms with Gasteiger partial charge in [0.1, 0.15) is 17.5 Å². The lowest BCUT2D eigenvalue weighted by Gasteiger charge is -2.17. The van der Waals surface area contributed by atoms with Crippen LogP contribution in [0.25, 0.3) is 11.1 Å². The van der Waals surface area contributed by atoms with Gasteiger partial charge in [-0.25, -0.2) is 4.98 Å². The van der Waals surface area contributed by atoms with Gasteiger partial charge in [-0.15, -0.1) is 0 Å². The van der Waals surface area contributed by atoms with E-state index < -0.39 is 0 Å². The zero-order valence-electron chi connectivity index (χ0n) is 12.0. The molecule has 112 valence electrons. The molecule has 0 saturated carbocycles. The number of benzene rings is 1. The first-order chi connectivity index (χ1) is 10.6. The Labute approximate surface area is 139 Å². The van der Waals surface area contributed by atoms with Crippen LogP contribution in [0.15, 0.2) is 18.2 Å². The average Bonchev–Trinajstić information content (AvgIpc) is 2.71. The molecule has 0 fully saturated rings. The van der Waals surface area contributed by atoms with Crippen LogP contribution in [0.5, 0.6) is 0 Å². The monoisotopic (exact) mass is 331 g/mol. The summed E-state index contributed by atoms with van der Waals surface area (Å²) in [7, 11) is 0. The second kappa shape index (κ2) is 6.16. The molecule has 1 aliphatic carbocycles. The molecule has 2 aromatic rings. The Kier molecular flexibility index (Phi) is 4.24. The van der Waals surface area contributed by atoms with Crippen molar-refractivity contribution in [3.8, 4) is 17.2 Å². The fourth-order valence-electron chi connectivity index (χ4n) is 3.04. The Morgan fingerprint density at radius 1 is 1.14 bits per heavy atom. The Hall–Kier alpha value is -1.76. The van der Waals surface area contributed by atoms with Gasteiger partial charge >= 0.3 is 0 Å². The minimum atomic E-state index is 0.282. The van der Waals surface area contributed by atoms with Crippen molar-refractivity contribution in [2.24, 2.45) is 0 Å². The normalized spacial score (nSPS) is 14.0. The zero-order valence-corrected chi connectivity index (χ0v) is 13.5. The predicted octanol–water partition coefficient (Wildman–Crippen LogP) is 4.78. The fourth-order valence-corrected chi connectivity index (χ4v) is 3.54. The smallest absolute Gasteiger partial charge is 0.142 e. The van der Waals surface area contributed by atoms with Crippen molar-refractivity contribution in [1.82, 2.24) is 4.98 Å². The van der Waals surface area contributed by atoms with E-state index in [0.29, 0.717) is 15.6 Å². The molecule has 0 radical (unpaired) electrons. The molecular weight excluding hydrogens is 317 g/mol. The summed E-state index contributed by atoms with van der Waals surface area (Å²) < 4.78 is 0. The first kappa shape index (κ1) is 15.1. The van der Waals surface area contributed by atoms with Crippen LogP contribution >= 0.6 is 23.2 Å². The molecule has 5 heteroatoms. The largest absolute Gasteiger partial charge is 0.383 e. The SMILES string of the molecule is N#Cc1c(N)nc2c(c1-c1ccc(Cl)cc1Cl)CCCCC2. The highest BCUT2D eigenvalue weighted by Crippen LogP contribution is 2.39. The molecule has 1 aromatic heterocycles. The lowest BCUT2D eigenvalue weighted by molar-refractivity contribution is 0.709. The molecule has 3 rings (SSSR count). The van der Waals surface area contributed by atoms with Gasteiger partial charge in [-0.3, -0.25) is 0 Å². The number of nitrogens with two attached hydrogens (primary N) is 1. The minimum absolute atomic E-state index is 0.282. The highest BCUT2D eigenvalue weighted by molar-refractivity contribution is 6.36. The van der Waals surface area contributed by atoms with Gasteiger partial charge in [0.15, 0.2) is 0 Å². The van der Waals surface area contributed by atoms with Gasteiger partial charge < -0.3 is 5.73 Å². The van der Waals surface area contributed by atoms with E-state index in [2.05, 4.69) is 11.1 Å². The standard InChI is InChI=1S/C17H15Cl2N3/c18-10-6-7-11(14(19)8-10)16-12-4-2-1-3-5-15(12)22-17(21)13(16)9-20/h6-8H,1-5H2,(H2,21,22). The van der Waals surface area contributed by atoms with Gasteiger partial charge in [0.05, 0.1) is 0 Å². The summed E-state index contributed by atoms with van der Waals surface area (Å²) in [5.74, 6) is 0.282. The maximum Gasteiger partial charge on any atom is 0.142 e. The second-order valence-corrected chi connectivity index (χ2v) is 6.31. The summed E-state index contributed by atoms with van der Waals surface area (Å²) in [6.45, 7) is 0. The molecule has 3 nitrogen and oxygen atoms in total. The Morgan fingerprint density at radius 3 is 2.64 bits per heavy atom. The number of nitrogens with zero attached hydrogens (tertiary/aromatic N) is 2. The number of hydrogen-bond acceptors (Lipinski definition) is 3. The quantitative estimate of drug-likeness (QED) is 0.765. The van der Waals surface area contributed by atoms with E-state index in [1.807, 2.05) is 6.07 Å². The van der Waals surface area contributed by atoms with Crippen molar-refractivity contribution in [1.29, 1.82) is 5.26 Å². The van der Waals surface area contributed by atoms with Gasteiger partial charge in [-0.1, -0.05) is 35.7 Å². The molecule has 1 heterocycles. The molecule has 2 N–H and O–H groups in total. The predicted molar refractivity (Wildman–Crippen MR) is 90.1 cm³/mol. The summed E-state index contributed by atoms with van der Waals surface area (Å²) in [4.78, 5) is 4.46. The molecule has 0 aliphatic heterocycles. The second-order valence-electron chi connectivity index (χ2n) is 5.47. The van der Waals surface area contributed by atoms with Crippen molar-refractivity contribution in [2.75, 3.05) is 5.73 Å². The zero-order chi connectivity index (χ0) is 15.7. The number of rotatable bonds is 1. The average molecular weight is 332 g/mol. The number of fused-ring (bicyclic) bond motifs is 1. The lowest BCUT2D eigenvalue weighted by atomic mass is 9.92. The summed E-state index contributed by atoms with van der Waals surface area (Å²) >= 11 is 12.4. The van der Waals surface area contributed by atoms with Gasteiger partial charge in [0.25, 0.3) is 0 Å². The first-order valence-electron chi connectivity index (χ1n) is 7.28. The molecule has 22 heavy (non-hydrogen) atoms. The van der Waals surface area contributed by atoms with E-state index >= 15 is 0 Å². The third-order valence-corrected chi connectivity index (χ3v) is 4.61. The Balaban J connectivity index is 2.33. The van der Waals surface area contributed by atoms with E-state index in [4.69, 9.17) is 28.9 Å². The fraction of sp³-hybridized carbons (Fsp3) is 0.294. The van der Waals surface area contributed by atoms with Crippen molar-refractivity contribution >= 4 is 29.0 Å². The molecule has 1 aromatic carbocycles. The number of anilines is 1. The van der Waals surface area contributed by atoms with Crippen molar-refractivity contribution < 1.29 is 0 Å². The molecule has 0 bridgehead atoms. The van der Waals surface area contributed by atoms with Crippen LogP contribution < -0.4 is 5.73 Å². The van der Waals surface area contributed by atoms with E-state index in [9.17, 15) is 5.26 Å². The van der Waals surface area contributed by atoms with Gasteiger partial charge in [-0.05, 0) is 43.4 Å². The van der Waals surface area contributed by atoms with Crippen molar-refractivity contribution in [3.63, 3.8) is 0 Å². The number of halogens is 2. The van der Waals surface area contributed by atoms with Gasteiger partial charge in [0, 0.05) is 26.9 Å². The number of nitrogen functional groups attached to an aromatic ring is 1.